The second kappa shape index (κ2) is 7.02. The topological polar surface area (TPSA) is 24.4 Å². The smallest absolute Gasteiger partial charge is 0.0935 e. The Morgan fingerprint density at radius 1 is 1.00 bits per heavy atom. The van der Waals surface area contributed by atoms with Gasteiger partial charge in [-0.25, -0.2) is 0 Å². The zero-order valence-corrected chi connectivity index (χ0v) is 14.9. The molecule has 1 N–H and O–H groups in total. The molecule has 2 aromatic heterocycles. The van der Waals surface area contributed by atoms with E-state index < -0.39 is 0 Å². The lowest BCUT2D eigenvalue weighted by Gasteiger charge is -2.06. The fourth-order valence-corrected chi connectivity index (χ4v) is 4.40. The molecule has 0 unspecified atom stereocenters. The van der Waals surface area contributed by atoms with Crippen LogP contribution < -0.4 is 5.43 Å². The molecule has 2 heterocycles. The van der Waals surface area contributed by atoms with E-state index in [9.17, 15) is 0 Å². The third-order valence-electron chi connectivity index (χ3n) is 2.77. The van der Waals surface area contributed by atoms with Crippen molar-refractivity contribution in [3.05, 3.63) is 61.7 Å². The van der Waals surface area contributed by atoms with Crippen LogP contribution in [-0.4, -0.2) is 6.21 Å². The van der Waals surface area contributed by atoms with E-state index in [1.54, 1.807) is 41.0 Å². The van der Waals surface area contributed by atoms with Crippen molar-refractivity contribution in [2.45, 2.75) is 0 Å². The van der Waals surface area contributed by atoms with Crippen molar-refractivity contribution in [3.63, 3.8) is 0 Å². The van der Waals surface area contributed by atoms with Crippen LogP contribution in [0, 0.1) is 0 Å². The molecular formula is C15H9Cl3N2S2. The molecule has 0 amide bonds. The summed E-state index contributed by atoms with van der Waals surface area (Å²) in [6.07, 6.45) is 1.74. The lowest BCUT2D eigenvalue weighted by Crippen LogP contribution is -1.91. The molecule has 0 fully saturated rings. The van der Waals surface area contributed by atoms with Crippen LogP contribution in [0.4, 0.5) is 5.69 Å². The Morgan fingerprint density at radius 3 is 2.45 bits per heavy atom. The first-order valence-electron chi connectivity index (χ1n) is 6.21. The van der Waals surface area contributed by atoms with E-state index >= 15 is 0 Å². The summed E-state index contributed by atoms with van der Waals surface area (Å²) in [5.74, 6) is 0. The van der Waals surface area contributed by atoms with Gasteiger partial charge in [-0.05, 0) is 35.7 Å². The maximum absolute atomic E-state index is 6.09. The minimum atomic E-state index is 0.431. The molecule has 0 spiro atoms. The van der Waals surface area contributed by atoms with Gasteiger partial charge in [0, 0.05) is 19.7 Å². The highest BCUT2D eigenvalue weighted by Crippen LogP contribution is 2.34. The first kappa shape index (κ1) is 15.8. The van der Waals surface area contributed by atoms with Gasteiger partial charge in [0.15, 0.2) is 0 Å². The van der Waals surface area contributed by atoms with Gasteiger partial charge in [0.1, 0.15) is 0 Å². The summed E-state index contributed by atoms with van der Waals surface area (Å²) in [4.78, 5) is 3.51. The fraction of sp³-hybridized carbons (Fsp3) is 0. The summed E-state index contributed by atoms with van der Waals surface area (Å²) in [5, 5.41) is 7.60. The van der Waals surface area contributed by atoms with E-state index in [-0.39, 0.29) is 0 Å². The van der Waals surface area contributed by atoms with Gasteiger partial charge in [-0.3, -0.25) is 5.43 Å². The lowest BCUT2D eigenvalue weighted by atomic mass is 10.3. The maximum atomic E-state index is 6.09. The molecule has 0 saturated heterocycles. The number of anilines is 1. The molecule has 3 rings (SSSR count). The molecule has 0 aliphatic carbocycles. The zero-order valence-electron chi connectivity index (χ0n) is 11.0. The molecule has 1 aromatic carbocycles. The molecule has 7 heteroatoms. The van der Waals surface area contributed by atoms with Crippen LogP contribution in [0.5, 0.6) is 0 Å². The van der Waals surface area contributed by atoms with E-state index in [2.05, 4.69) is 28.0 Å². The zero-order chi connectivity index (χ0) is 15.5. The van der Waals surface area contributed by atoms with Crippen molar-refractivity contribution in [1.29, 1.82) is 0 Å². The van der Waals surface area contributed by atoms with Crippen molar-refractivity contribution in [1.82, 2.24) is 0 Å². The average Bonchev–Trinajstić information content (AvgIpc) is 3.12. The van der Waals surface area contributed by atoms with Gasteiger partial charge >= 0.3 is 0 Å². The Hall–Kier alpha value is -1.04. The third kappa shape index (κ3) is 3.65. The third-order valence-corrected chi connectivity index (χ3v) is 5.67. The summed E-state index contributed by atoms with van der Waals surface area (Å²) in [6.45, 7) is 0. The van der Waals surface area contributed by atoms with E-state index in [0.717, 1.165) is 4.88 Å². The molecule has 0 saturated carbocycles. The first-order chi connectivity index (χ1) is 10.6. The van der Waals surface area contributed by atoms with E-state index in [1.165, 1.54) is 9.75 Å². The monoisotopic (exact) mass is 386 g/mol. The molecule has 3 aromatic rings. The molecule has 0 aliphatic heterocycles. The number of rotatable bonds is 4. The van der Waals surface area contributed by atoms with Crippen LogP contribution >= 0.6 is 57.5 Å². The Labute approximate surface area is 151 Å². The lowest BCUT2D eigenvalue weighted by molar-refractivity contribution is 1.35. The van der Waals surface area contributed by atoms with Crippen molar-refractivity contribution < 1.29 is 0 Å². The van der Waals surface area contributed by atoms with Crippen LogP contribution in [0.1, 0.15) is 4.88 Å². The highest BCUT2D eigenvalue weighted by atomic mass is 35.5. The minimum absolute atomic E-state index is 0.431. The van der Waals surface area contributed by atoms with Crippen LogP contribution in [-0.2, 0) is 0 Å². The minimum Gasteiger partial charge on any atom is -0.275 e. The largest absolute Gasteiger partial charge is 0.275 e. The van der Waals surface area contributed by atoms with Gasteiger partial charge in [-0.15, -0.1) is 22.7 Å². The van der Waals surface area contributed by atoms with Gasteiger partial charge in [0.25, 0.3) is 0 Å². The fourth-order valence-electron chi connectivity index (χ4n) is 1.78. The second-order valence-electron chi connectivity index (χ2n) is 4.29. The molecule has 0 radical (unpaired) electrons. The summed E-state index contributed by atoms with van der Waals surface area (Å²) >= 11 is 21.4. The molecule has 112 valence electrons. The Bertz CT molecular complexity index is 787. The number of hydrazone groups is 1. The number of nitrogens with zero attached hydrogens (tertiary/aromatic N) is 1. The Balaban J connectivity index is 1.73. The molecule has 0 aliphatic rings. The van der Waals surface area contributed by atoms with Crippen molar-refractivity contribution in [3.8, 4) is 9.75 Å². The van der Waals surface area contributed by atoms with Crippen molar-refractivity contribution in [2.24, 2.45) is 5.10 Å². The number of thiophene rings is 2. The molecular weight excluding hydrogens is 379 g/mol. The SMILES string of the molecule is Clc1cc(Cl)c(N/N=C\c2ccc(-c3cccs3)s2)c(Cl)c1. The predicted molar refractivity (Wildman–Crippen MR) is 100 cm³/mol. The molecule has 0 atom stereocenters. The van der Waals surface area contributed by atoms with E-state index in [0.29, 0.717) is 20.8 Å². The normalized spacial score (nSPS) is 11.2. The number of hydrogen-bond acceptors (Lipinski definition) is 4. The van der Waals surface area contributed by atoms with Gasteiger partial charge in [-0.2, -0.15) is 5.10 Å². The van der Waals surface area contributed by atoms with E-state index in [1.807, 2.05) is 12.1 Å². The molecule has 22 heavy (non-hydrogen) atoms. The summed E-state index contributed by atoms with van der Waals surface area (Å²) < 4.78 is 0. The highest BCUT2D eigenvalue weighted by Gasteiger charge is 2.07. The quantitative estimate of drug-likeness (QED) is 0.383. The standard InChI is InChI=1S/C15H9Cl3N2S2/c16-9-6-11(17)15(12(18)7-9)20-19-8-10-3-4-14(22-10)13-2-1-5-21-13/h1-8,20H/b19-8-. The van der Waals surface area contributed by atoms with Crippen LogP contribution in [0.2, 0.25) is 15.1 Å². The average molecular weight is 388 g/mol. The van der Waals surface area contributed by atoms with E-state index in [4.69, 9.17) is 34.8 Å². The Kier molecular flexibility index (Phi) is 5.06. The number of hydrogen-bond donors (Lipinski definition) is 1. The van der Waals surface area contributed by atoms with Gasteiger partial charge in [0.2, 0.25) is 0 Å². The van der Waals surface area contributed by atoms with Crippen LogP contribution in [0.3, 0.4) is 0 Å². The highest BCUT2D eigenvalue weighted by molar-refractivity contribution is 7.22. The van der Waals surface area contributed by atoms with Crippen LogP contribution in [0.15, 0.2) is 46.9 Å². The predicted octanol–water partition coefficient (Wildman–Crippen LogP) is 6.88. The summed E-state index contributed by atoms with van der Waals surface area (Å²) in [6, 6.07) is 11.5. The number of nitrogens with one attached hydrogen (secondary N) is 1. The summed E-state index contributed by atoms with van der Waals surface area (Å²) in [7, 11) is 0. The Morgan fingerprint density at radius 2 is 1.77 bits per heavy atom. The molecule has 0 bridgehead atoms. The number of benzene rings is 1. The molecule has 2 nitrogen and oxygen atoms in total. The number of halogens is 3. The van der Waals surface area contributed by atoms with Gasteiger partial charge in [0.05, 0.1) is 21.9 Å². The second-order valence-corrected chi connectivity index (χ2v) is 7.61. The first-order valence-corrected chi connectivity index (χ1v) is 9.04. The van der Waals surface area contributed by atoms with Crippen molar-refractivity contribution in [2.75, 3.05) is 5.43 Å². The maximum Gasteiger partial charge on any atom is 0.0935 e. The summed E-state index contributed by atoms with van der Waals surface area (Å²) in [5.41, 5.74) is 3.40. The van der Waals surface area contributed by atoms with Gasteiger partial charge < -0.3 is 0 Å². The van der Waals surface area contributed by atoms with Crippen LogP contribution in [0.25, 0.3) is 9.75 Å². The van der Waals surface area contributed by atoms with Crippen molar-refractivity contribution >= 4 is 69.4 Å². The van der Waals surface area contributed by atoms with Gasteiger partial charge in [-0.1, -0.05) is 40.9 Å².